The van der Waals surface area contributed by atoms with E-state index in [1.54, 1.807) is 4.90 Å². The fraction of sp³-hybridized carbons (Fsp3) is 0.417. The molecule has 0 aromatic heterocycles. The molecule has 0 aliphatic carbocycles. The van der Waals surface area contributed by atoms with E-state index in [-0.39, 0.29) is 28.1 Å². The van der Waals surface area contributed by atoms with Gasteiger partial charge in [-0.2, -0.15) is 0 Å². The Labute approximate surface area is 122 Å². The monoisotopic (exact) mass is 317 g/mol. The van der Waals surface area contributed by atoms with Crippen molar-refractivity contribution in [1.82, 2.24) is 9.62 Å². The number of benzene rings is 1. The second-order valence-corrected chi connectivity index (χ2v) is 6.77. The number of nitrogen functional groups attached to an aromatic ring is 1. The lowest BCUT2D eigenvalue weighted by molar-refractivity contribution is -0.128. The van der Waals surface area contributed by atoms with Crippen molar-refractivity contribution in [2.45, 2.75) is 17.7 Å². The van der Waals surface area contributed by atoms with Gasteiger partial charge in [0.1, 0.15) is 4.90 Å². The van der Waals surface area contributed by atoms with Crippen LogP contribution >= 0.6 is 11.6 Å². The Morgan fingerprint density at radius 2 is 2.00 bits per heavy atom. The maximum atomic E-state index is 12.1. The Morgan fingerprint density at radius 3 is 2.65 bits per heavy atom. The number of carbonyl (C=O) groups is 1. The standard InChI is InChI=1S/C12H16ClN3O3S/c13-9-3-4-10(14)11(7-9)20(18,19)15-8-12(17)16-5-1-2-6-16/h3-4,7,15H,1-2,5-6,8,14H2. The van der Waals surface area contributed by atoms with Gasteiger partial charge in [0.05, 0.1) is 12.2 Å². The molecule has 0 saturated carbocycles. The normalized spacial score (nSPS) is 15.6. The van der Waals surface area contributed by atoms with Crippen molar-refractivity contribution in [3.8, 4) is 0 Å². The van der Waals surface area contributed by atoms with Gasteiger partial charge in [0, 0.05) is 18.1 Å². The number of carbonyl (C=O) groups excluding carboxylic acids is 1. The quantitative estimate of drug-likeness (QED) is 0.804. The predicted octanol–water partition coefficient (Wildman–Crippen LogP) is 0.823. The highest BCUT2D eigenvalue weighted by Gasteiger charge is 2.22. The summed E-state index contributed by atoms with van der Waals surface area (Å²) in [6.45, 7) is 1.09. The van der Waals surface area contributed by atoms with Crippen LogP contribution in [0.5, 0.6) is 0 Å². The van der Waals surface area contributed by atoms with Crippen molar-refractivity contribution in [2.24, 2.45) is 0 Å². The fourth-order valence-corrected chi connectivity index (χ4v) is 3.42. The minimum Gasteiger partial charge on any atom is -0.398 e. The van der Waals surface area contributed by atoms with Crippen LogP contribution in [0.15, 0.2) is 23.1 Å². The van der Waals surface area contributed by atoms with Crippen LogP contribution in [0.2, 0.25) is 5.02 Å². The van der Waals surface area contributed by atoms with Crippen LogP contribution in [-0.2, 0) is 14.8 Å². The Kier molecular flexibility index (Phi) is 4.52. The van der Waals surface area contributed by atoms with E-state index in [0.29, 0.717) is 13.1 Å². The predicted molar refractivity (Wildman–Crippen MR) is 76.9 cm³/mol. The van der Waals surface area contributed by atoms with Gasteiger partial charge in [-0.25, -0.2) is 13.1 Å². The molecule has 0 radical (unpaired) electrons. The van der Waals surface area contributed by atoms with E-state index >= 15 is 0 Å². The molecule has 20 heavy (non-hydrogen) atoms. The minimum absolute atomic E-state index is 0.0931. The third-order valence-corrected chi connectivity index (χ3v) is 4.83. The maximum absolute atomic E-state index is 12.1. The van der Waals surface area contributed by atoms with Crippen molar-refractivity contribution < 1.29 is 13.2 Å². The highest BCUT2D eigenvalue weighted by atomic mass is 35.5. The van der Waals surface area contributed by atoms with Crippen molar-refractivity contribution >= 4 is 33.2 Å². The van der Waals surface area contributed by atoms with Crippen molar-refractivity contribution in [3.63, 3.8) is 0 Å². The second kappa shape index (κ2) is 5.99. The number of likely N-dealkylation sites (tertiary alicyclic amines) is 1. The van der Waals surface area contributed by atoms with Gasteiger partial charge in [0.25, 0.3) is 0 Å². The first-order valence-corrected chi connectivity index (χ1v) is 8.09. The van der Waals surface area contributed by atoms with E-state index < -0.39 is 10.0 Å². The van der Waals surface area contributed by atoms with Crippen LogP contribution in [0.25, 0.3) is 0 Å². The summed E-state index contributed by atoms with van der Waals surface area (Å²) in [6, 6.07) is 4.18. The lowest BCUT2D eigenvalue weighted by Crippen LogP contribution is -2.38. The number of nitrogens with two attached hydrogens (primary N) is 1. The van der Waals surface area contributed by atoms with Crippen molar-refractivity contribution in [1.29, 1.82) is 0 Å². The summed E-state index contributed by atoms with van der Waals surface area (Å²) in [6.07, 6.45) is 1.92. The highest BCUT2D eigenvalue weighted by Crippen LogP contribution is 2.22. The summed E-state index contributed by atoms with van der Waals surface area (Å²) in [7, 11) is -3.85. The van der Waals surface area contributed by atoms with E-state index in [1.807, 2.05) is 0 Å². The summed E-state index contributed by atoms with van der Waals surface area (Å²) in [5, 5.41) is 0.269. The van der Waals surface area contributed by atoms with Crippen LogP contribution in [0.3, 0.4) is 0 Å². The number of hydrogen-bond donors (Lipinski definition) is 2. The smallest absolute Gasteiger partial charge is 0.243 e. The van der Waals surface area contributed by atoms with E-state index in [0.717, 1.165) is 12.8 Å². The summed E-state index contributed by atoms with van der Waals surface area (Å²) in [5.74, 6) is -0.230. The molecule has 1 amide bonds. The molecule has 0 spiro atoms. The van der Waals surface area contributed by atoms with Crippen LogP contribution < -0.4 is 10.5 Å². The second-order valence-electron chi connectivity index (χ2n) is 4.59. The van der Waals surface area contributed by atoms with Crippen LogP contribution in [0.1, 0.15) is 12.8 Å². The van der Waals surface area contributed by atoms with E-state index in [4.69, 9.17) is 17.3 Å². The lowest BCUT2D eigenvalue weighted by Gasteiger charge is -2.16. The zero-order valence-electron chi connectivity index (χ0n) is 10.8. The molecular weight excluding hydrogens is 302 g/mol. The Morgan fingerprint density at radius 1 is 1.35 bits per heavy atom. The molecule has 1 fully saturated rings. The highest BCUT2D eigenvalue weighted by molar-refractivity contribution is 7.89. The summed E-state index contributed by atoms with van der Waals surface area (Å²) >= 11 is 5.77. The molecule has 0 unspecified atom stereocenters. The molecule has 110 valence electrons. The summed E-state index contributed by atoms with van der Waals surface area (Å²) < 4.78 is 26.5. The van der Waals surface area contributed by atoms with Gasteiger partial charge in [-0.15, -0.1) is 0 Å². The topological polar surface area (TPSA) is 92.5 Å². The molecule has 1 aromatic rings. The SMILES string of the molecule is Nc1ccc(Cl)cc1S(=O)(=O)NCC(=O)N1CCCC1. The molecule has 3 N–H and O–H groups in total. The Hall–Kier alpha value is -1.31. The molecule has 1 saturated heterocycles. The molecular formula is C12H16ClN3O3S. The van der Waals surface area contributed by atoms with Crippen molar-refractivity contribution in [3.05, 3.63) is 23.2 Å². The van der Waals surface area contributed by atoms with E-state index in [2.05, 4.69) is 4.72 Å². The summed E-state index contributed by atoms with van der Waals surface area (Å²) in [4.78, 5) is 13.3. The first kappa shape index (κ1) is 15.1. The number of rotatable bonds is 4. The molecule has 8 heteroatoms. The van der Waals surface area contributed by atoms with E-state index in [9.17, 15) is 13.2 Å². The van der Waals surface area contributed by atoms with Gasteiger partial charge in [0.15, 0.2) is 0 Å². The zero-order chi connectivity index (χ0) is 14.8. The Bertz CT molecular complexity index is 612. The molecule has 1 aliphatic heterocycles. The van der Waals surface area contributed by atoms with Gasteiger partial charge in [-0.1, -0.05) is 11.6 Å². The molecule has 1 aliphatic rings. The Balaban J connectivity index is 2.07. The van der Waals surface area contributed by atoms with Gasteiger partial charge >= 0.3 is 0 Å². The van der Waals surface area contributed by atoms with Crippen LogP contribution in [-0.4, -0.2) is 38.9 Å². The van der Waals surface area contributed by atoms with Gasteiger partial charge in [0.2, 0.25) is 15.9 Å². The van der Waals surface area contributed by atoms with Crippen molar-refractivity contribution in [2.75, 3.05) is 25.4 Å². The van der Waals surface area contributed by atoms with E-state index in [1.165, 1.54) is 18.2 Å². The van der Waals surface area contributed by atoms with Gasteiger partial charge in [-0.05, 0) is 31.0 Å². The van der Waals surface area contributed by atoms with Gasteiger partial charge < -0.3 is 10.6 Å². The number of amides is 1. The maximum Gasteiger partial charge on any atom is 0.243 e. The molecule has 0 atom stereocenters. The zero-order valence-corrected chi connectivity index (χ0v) is 12.4. The third-order valence-electron chi connectivity index (χ3n) is 3.14. The molecule has 2 rings (SSSR count). The first-order chi connectivity index (χ1) is 9.40. The number of anilines is 1. The number of hydrogen-bond acceptors (Lipinski definition) is 4. The van der Waals surface area contributed by atoms with Crippen LogP contribution in [0.4, 0.5) is 5.69 Å². The van der Waals surface area contributed by atoms with Gasteiger partial charge in [-0.3, -0.25) is 4.79 Å². The van der Waals surface area contributed by atoms with Crippen LogP contribution in [0, 0.1) is 0 Å². The number of sulfonamides is 1. The first-order valence-electron chi connectivity index (χ1n) is 6.22. The largest absolute Gasteiger partial charge is 0.398 e. The third kappa shape index (κ3) is 3.41. The minimum atomic E-state index is -3.85. The molecule has 6 nitrogen and oxygen atoms in total. The number of halogens is 1. The average molecular weight is 318 g/mol. The fourth-order valence-electron chi connectivity index (χ4n) is 2.05. The molecule has 1 heterocycles. The molecule has 1 aromatic carbocycles. The lowest BCUT2D eigenvalue weighted by atomic mass is 10.3. The summed E-state index contributed by atoms with van der Waals surface area (Å²) in [5.41, 5.74) is 5.72. The average Bonchev–Trinajstić information content (AvgIpc) is 2.93. The molecule has 0 bridgehead atoms. The number of nitrogens with one attached hydrogen (secondary N) is 1. The number of nitrogens with zero attached hydrogens (tertiary/aromatic N) is 1.